The average molecular weight is 394 g/mol. The first-order chi connectivity index (χ1) is 12.7. The van der Waals surface area contributed by atoms with Crippen LogP contribution in [0.2, 0.25) is 0 Å². The fraction of sp³-hybridized carbons (Fsp3) is 0.400. The third-order valence-electron chi connectivity index (χ3n) is 4.08. The number of methoxy groups -OCH3 is 2. The first-order valence-corrected chi connectivity index (χ1v) is 10.1. The Balaban J connectivity index is 2.08. The summed E-state index contributed by atoms with van der Waals surface area (Å²) >= 11 is 0. The summed E-state index contributed by atoms with van der Waals surface area (Å²) in [5.74, 6) is 1.72. The number of hydrogen-bond acceptors (Lipinski definition) is 5. The monoisotopic (exact) mass is 393 g/mol. The Morgan fingerprint density at radius 3 is 2.11 bits per heavy atom. The maximum absolute atomic E-state index is 12.8. The molecule has 148 valence electrons. The zero-order valence-electron chi connectivity index (χ0n) is 16.6. The number of rotatable bonds is 8. The predicted octanol–water partition coefficient (Wildman–Crippen LogP) is 3.37. The molecule has 0 saturated heterocycles. The second-order valence-electron chi connectivity index (χ2n) is 6.58. The Hall–Kier alpha value is -2.25. The van der Waals surface area contributed by atoms with Gasteiger partial charge in [0.15, 0.2) is 11.5 Å². The number of benzene rings is 2. The summed E-state index contributed by atoms with van der Waals surface area (Å²) in [6.07, 6.45) is 0. The molecule has 0 radical (unpaired) electrons. The number of sulfonamides is 1. The highest BCUT2D eigenvalue weighted by Gasteiger charge is 2.22. The maximum Gasteiger partial charge on any atom is 0.241 e. The van der Waals surface area contributed by atoms with Crippen LogP contribution in [-0.4, -0.2) is 35.3 Å². The molecule has 0 aromatic heterocycles. The molecule has 27 heavy (non-hydrogen) atoms. The van der Waals surface area contributed by atoms with Gasteiger partial charge in [0.25, 0.3) is 0 Å². The normalized spacial score (nSPS) is 12.5. The summed E-state index contributed by atoms with van der Waals surface area (Å²) in [6, 6.07) is 8.51. The number of ether oxygens (including phenoxy) is 3. The highest BCUT2D eigenvalue weighted by atomic mass is 32.2. The zero-order valence-corrected chi connectivity index (χ0v) is 17.4. The SMILES string of the molecule is COc1ccc(OC[C@H](C)NS(=O)(=O)c2c(C)cc(C)cc2C)cc1OC. The van der Waals surface area contributed by atoms with E-state index in [1.165, 1.54) is 0 Å². The van der Waals surface area contributed by atoms with Crippen molar-refractivity contribution in [1.29, 1.82) is 0 Å². The molecule has 0 aliphatic carbocycles. The van der Waals surface area contributed by atoms with Gasteiger partial charge in [-0.2, -0.15) is 0 Å². The van der Waals surface area contributed by atoms with E-state index in [1.807, 2.05) is 19.1 Å². The summed E-state index contributed by atoms with van der Waals surface area (Å²) in [5, 5.41) is 0. The molecule has 0 amide bonds. The molecule has 0 fully saturated rings. The van der Waals surface area contributed by atoms with Gasteiger partial charge in [-0.3, -0.25) is 0 Å². The Labute approximate surface area is 161 Å². The van der Waals surface area contributed by atoms with Crippen LogP contribution in [0, 0.1) is 20.8 Å². The minimum atomic E-state index is -3.64. The van der Waals surface area contributed by atoms with Gasteiger partial charge in [0.1, 0.15) is 12.4 Å². The van der Waals surface area contributed by atoms with E-state index < -0.39 is 16.1 Å². The van der Waals surface area contributed by atoms with Crippen molar-refractivity contribution in [3.63, 3.8) is 0 Å². The van der Waals surface area contributed by atoms with Crippen molar-refractivity contribution in [1.82, 2.24) is 4.72 Å². The molecule has 0 aliphatic rings. The number of hydrogen-bond donors (Lipinski definition) is 1. The summed E-state index contributed by atoms with van der Waals surface area (Å²) in [7, 11) is -0.534. The van der Waals surface area contributed by atoms with Crippen LogP contribution in [0.4, 0.5) is 0 Å². The predicted molar refractivity (Wildman–Crippen MR) is 105 cm³/mol. The van der Waals surface area contributed by atoms with E-state index in [4.69, 9.17) is 14.2 Å². The molecule has 2 aromatic rings. The number of nitrogens with one attached hydrogen (secondary N) is 1. The van der Waals surface area contributed by atoms with Crippen LogP contribution < -0.4 is 18.9 Å². The van der Waals surface area contributed by atoms with Crippen LogP contribution in [0.1, 0.15) is 23.6 Å². The van der Waals surface area contributed by atoms with Gasteiger partial charge in [0, 0.05) is 6.07 Å². The van der Waals surface area contributed by atoms with E-state index in [9.17, 15) is 8.42 Å². The van der Waals surface area contributed by atoms with Crippen molar-refractivity contribution in [3.05, 3.63) is 47.0 Å². The molecular weight excluding hydrogens is 366 g/mol. The molecule has 1 N–H and O–H groups in total. The van der Waals surface area contributed by atoms with E-state index in [1.54, 1.807) is 53.2 Å². The molecule has 0 heterocycles. The second kappa shape index (κ2) is 8.63. The van der Waals surface area contributed by atoms with Crippen LogP contribution in [0.15, 0.2) is 35.2 Å². The minimum Gasteiger partial charge on any atom is -0.493 e. The molecule has 0 spiro atoms. The third kappa shape index (κ3) is 5.14. The second-order valence-corrected chi connectivity index (χ2v) is 8.23. The minimum absolute atomic E-state index is 0.179. The topological polar surface area (TPSA) is 73.9 Å². The quantitative estimate of drug-likeness (QED) is 0.744. The lowest BCUT2D eigenvalue weighted by molar-refractivity contribution is 0.284. The lowest BCUT2D eigenvalue weighted by Crippen LogP contribution is -2.37. The Morgan fingerprint density at radius 2 is 1.56 bits per heavy atom. The lowest BCUT2D eigenvalue weighted by atomic mass is 10.1. The van der Waals surface area contributed by atoms with E-state index in [-0.39, 0.29) is 6.61 Å². The van der Waals surface area contributed by atoms with Gasteiger partial charge in [0.05, 0.1) is 25.2 Å². The maximum atomic E-state index is 12.8. The fourth-order valence-electron chi connectivity index (χ4n) is 3.08. The highest BCUT2D eigenvalue weighted by Crippen LogP contribution is 2.31. The van der Waals surface area contributed by atoms with Crippen molar-refractivity contribution in [3.8, 4) is 17.2 Å². The van der Waals surface area contributed by atoms with E-state index in [2.05, 4.69) is 4.72 Å². The first-order valence-electron chi connectivity index (χ1n) is 8.63. The van der Waals surface area contributed by atoms with Gasteiger partial charge in [-0.25, -0.2) is 13.1 Å². The summed E-state index contributed by atoms with van der Waals surface area (Å²) < 4.78 is 44.4. The zero-order chi connectivity index (χ0) is 20.2. The van der Waals surface area contributed by atoms with Crippen molar-refractivity contribution in [2.75, 3.05) is 20.8 Å². The molecule has 7 heteroatoms. The first kappa shape index (κ1) is 21.1. The summed E-state index contributed by atoms with van der Waals surface area (Å²) in [5.41, 5.74) is 2.50. The van der Waals surface area contributed by atoms with Gasteiger partial charge < -0.3 is 14.2 Å². The highest BCUT2D eigenvalue weighted by molar-refractivity contribution is 7.89. The van der Waals surface area contributed by atoms with Gasteiger partial charge >= 0.3 is 0 Å². The van der Waals surface area contributed by atoms with Gasteiger partial charge in [-0.15, -0.1) is 0 Å². The van der Waals surface area contributed by atoms with E-state index in [0.717, 1.165) is 16.7 Å². The largest absolute Gasteiger partial charge is 0.493 e. The van der Waals surface area contributed by atoms with Crippen molar-refractivity contribution in [2.45, 2.75) is 38.6 Å². The molecule has 2 aromatic carbocycles. The van der Waals surface area contributed by atoms with Crippen molar-refractivity contribution < 1.29 is 22.6 Å². The van der Waals surface area contributed by atoms with Crippen LogP contribution in [0.5, 0.6) is 17.2 Å². The lowest BCUT2D eigenvalue weighted by Gasteiger charge is -2.18. The van der Waals surface area contributed by atoms with E-state index in [0.29, 0.717) is 22.1 Å². The smallest absolute Gasteiger partial charge is 0.241 e. The fourth-order valence-corrected chi connectivity index (χ4v) is 4.76. The standard InChI is InChI=1S/C20H27NO5S/c1-13-9-14(2)20(15(3)10-13)27(22,23)21-16(4)12-26-17-7-8-18(24-5)19(11-17)25-6/h7-11,16,21H,12H2,1-6H3/t16-/m0/s1. The van der Waals surface area contributed by atoms with Crippen LogP contribution in [0.3, 0.4) is 0 Å². The number of aryl methyl sites for hydroxylation is 3. The van der Waals surface area contributed by atoms with Crippen molar-refractivity contribution in [2.24, 2.45) is 0 Å². The van der Waals surface area contributed by atoms with Gasteiger partial charge in [-0.1, -0.05) is 17.7 Å². The van der Waals surface area contributed by atoms with Crippen molar-refractivity contribution >= 4 is 10.0 Å². The van der Waals surface area contributed by atoms with Gasteiger partial charge in [-0.05, 0) is 51.0 Å². The Kier molecular flexibility index (Phi) is 6.73. The molecule has 1 atom stereocenters. The van der Waals surface area contributed by atoms with Gasteiger partial charge in [0.2, 0.25) is 10.0 Å². The molecule has 6 nitrogen and oxygen atoms in total. The molecule has 2 rings (SSSR count). The van der Waals surface area contributed by atoms with Crippen LogP contribution in [0.25, 0.3) is 0 Å². The average Bonchev–Trinajstić information content (AvgIpc) is 2.57. The third-order valence-corrected chi connectivity index (χ3v) is 5.98. The Bertz CT molecular complexity index is 886. The molecule has 0 aliphatic heterocycles. The molecular formula is C20H27NO5S. The van der Waals surface area contributed by atoms with Crippen LogP contribution in [-0.2, 0) is 10.0 Å². The van der Waals surface area contributed by atoms with E-state index >= 15 is 0 Å². The summed E-state index contributed by atoms with van der Waals surface area (Å²) in [4.78, 5) is 0.325. The molecule has 0 saturated carbocycles. The molecule has 0 bridgehead atoms. The summed E-state index contributed by atoms with van der Waals surface area (Å²) in [6.45, 7) is 7.50. The van der Waals surface area contributed by atoms with Crippen LogP contribution >= 0.6 is 0 Å². The molecule has 0 unspecified atom stereocenters. The Morgan fingerprint density at radius 1 is 0.963 bits per heavy atom.